The Kier molecular flexibility index (Phi) is 7.34. The number of carbonyl (C=O) groups is 2. The van der Waals surface area contributed by atoms with Crippen molar-refractivity contribution in [3.8, 4) is 0 Å². The molecular weight excluding hydrogens is 396 g/mol. The van der Waals surface area contributed by atoms with Crippen LogP contribution in [-0.2, 0) is 22.6 Å². The molecule has 4 heteroatoms. The van der Waals surface area contributed by atoms with E-state index in [1.807, 2.05) is 77.1 Å². The lowest BCUT2D eigenvalue weighted by Crippen LogP contribution is -2.52. The summed E-state index contributed by atoms with van der Waals surface area (Å²) in [5.41, 5.74) is 2.98. The van der Waals surface area contributed by atoms with Gasteiger partial charge in [0.05, 0.1) is 0 Å². The van der Waals surface area contributed by atoms with Crippen LogP contribution in [0.25, 0.3) is 10.8 Å². The van der Waals surface area contributed by atoms with Crippen LogP contribution in [0.3, 0.4) is 0 Å². The van der Waals surface area contributed by atoms with Gasteiger partial charge in [-0.15, -0.1) is 0 Å². The first-order valence-corrected chi connectivity index (χ1v) is 11.3. The van der Waals surface area contributed by atoms with Crippen molar-refractivity contribution in [2.75, 3.05) is 0 Å². The Morgan fingerprint density at radius 3 is 2.28 bits per heavy atom. The number of fused-ring (bicyclic) bond motifs is 1. The first-order valence-electron chi connectivity index (χ1n) is 11.3. The summed E-state index contributed by atoms with van der Waals surface area (Å²) in [6.45, 7) is 10.1. The molecule has 0 spiro atoms. The Bertz CT molecular complexity index is 1080. The zero-order valence-corrected chi connectivity index (χ0v) is 19.8. The Morgan fingerprint density at radius 1 is 0.938 bits per heavy atom. The Hall–Kier alpha value is -3.14. The van der Waals surface area contributed by atoms with Crippen molar-refractivity contribution in [3.05, 3.63) is 83.4 Å². The van der Waals surface area contributed by atoms with Gasteiger partial charge in [-0.3, -0.25) is 9.59 Å². The average Bonchev–Trinajstić information content (AvgIpc) is 2.75. The highest BCUT2D eigenvalue weighted by atomic mass is 16.2. The van der Waals surface area contributed by atoms with E-state index in [0.29, 0.717) is 19.4 Å². The largest absolute Gasteiger partial charge is 0.350 e. The summed E-state index contributed by atoms with van der Waals surface area (Å²) in [6.07, 6.45) is 0.991. The highest BCUT2D eigenvalue weighted by Crippen LogP contribution is 2.21. The molecule has 2 amide bonds. The van der Waals surface area contributed by atoms with Gasteiger partial charge in [0.2, 0.25) is 11.8 Å². The van der Waals surface area contributed by atoms with E-state index in [2.05, 4.69) is 29.6 Å². The smallest absolute Gasteiger partial charge is 0.242 e. The zero-order valence-electron chi connectivity index (χ0n) is 19.8. The molecule has 0 saturated heterocycles. The van der Waals surface area contributed by atoms with Crippen molar-refractivity contribution in [1.29, 1.82) is 0 Å². The third kappa shape index (κ3) is 6.19. The molecule has 3 aromatic carbocycles. The topological polar surface area (TPSA) is 49.4 Å². The van der Waals surface area contributed by atoms with E-state index in [4.69, 9.17) is 0 Å². The minimum Gasteiger partial charge on any atom is -0.350 e. The molecule has 0 radical (unpaired) electrons. The number of nitrogens with one attached hydrogen (secondary N) is 1. The highest BCUT2D eigenvalue weighted by Gasteiger charge is 2.28. The van der Waals surface area contributed by atoms with Gasteiger partial charge in [0, 0.05) is 18.5 Å². The third-order valence-electron chi connectivity index (χ3n) is 5.63. The Balaban J connectivity index is 1.80. The van der Waals surface area contributed by atoms with Gasteiger partial charge in [0.1, 0.15) is 6.04 Å². The summed E-state index contributed by atoms with van der Waals surface area (Å²) >= 11 is 0. The van der Waals surface area contributed by atoms with Crippen molar-refractivity contribution in [2.24, 2.45) is 0 Å². The van der Waals surface area contributed by atoms with Crippen molar-refractivity contribution < 1.29 is 9.59 Å². The van der Waals surface area contributed by atoms with Gasteiger partial charge in [0.15, 0.2) is 0 Å². The van der Waals surface area contributed by atoms with Crippen molar-refractivity contribution in [1.82, 2.24) is 10.2 Å². The molecule has 0 aliphatic heterocycles. The second kappa shape index (κ2) is 9.99. The van der Waals surface area contributed by atoms with Crippen LogP contribution in [0, 0.1) is 6.92 Å². The highest BCUT2D eigenvalue weighted by molar-refractivity contribution is 5.89. The van der Waals surface area contributed by atoms with Crippen LogP contribution in [0.15, 0.2) is 66.7 Å². The fraction of sp³-hybridized carbons (Fsp3) is 0.357. The minimum atomic E-state index is -0.560. The summed E-state index contributed by atoms with van der Waals surface area (Å²) < 4.78 is 0. The predicted molar refractivity (Wildman–Crippen MR) is 131 cm³/mol. The van der Waals surface area contributed by atoms with E-state index in [-0.39, 0.29) is 17.4 Å². The Morgan fingerprint density at radius 2 is 1.59 bits per heavy atom. The molecule has 0 bridgehead atoms. The van der Waals surface area contributed by atoms with Gasteiger partial charge in [-0.05, 0) is 62.9 Å². The van der Waals surface area contributed by atoms with Crippen LogP contribution in [0.4, 0.5) is 0 Å². The van der Waals surface area contributed by atoms with E-state index in [1.54, 1.807) is 4.90 Å². The van der Waals surface area contributed by atoms with Crippen LogP contribution in [0.2, 0.25) is 0 Å². The van der Waals surface area contributed by atoms with Crippen LogP contribution < -0.4 is 5.32 Å². The fourth-order valence-electron chi connectivity index (χ4n) is 3.84. The average molecular weight is 431 g/mol. The molecule has 3 rings (SSSR count). The molecule has 1 atom stereocenters. The normalized spacial score (nSPS) is 12.4. The van der Waals surface area contributed by atoms with E-state index in [9.17, 15) is 9.59 Å². The second-order valence-electron chi connectivity index (χ2n) is 9.56. The molecule has 168 valence electrons. The maximum absolute atomic E-state index is 13.4. The van der Waals surface area contributed by atoms with Crippen LogP contribution >= 0.6 is 0 Å². The molecule has 0 aliphatic rings. The SMILES string of the molecule is Cc1ccc(CN(C(=O)CCc2cccc3ccccc23)C(C)C(=O)NC(C)(C)C)cc1. The van der Waals surface area contributed by atoms with Gasteiger partial charge in [-0.25, -0.2) is 0 Å². The number of carbonyl (C=O) groups excluding carboxylic acids is 2. The van der Waals surface area contributed by atoms with E-state index >= 15 is 0 Å². The minimum absolute atomic E-state index is 0.0185. The monoisotopic (exact) mass is 430 g/mol. The molecule has 0 aromatic heterocycles. The molecule has 0 fully saturated rings. The standard InChI is InChI=1S/C28H34N2O2/c1-20-13-15-22(16-14-20)19-30(21(2)27(32)29-28(3,4)5)26(31)18-17-24-11-8-10-23-9-6-7-12-25(23)24/h6-16,21H,17-19H2,1-5H3,(H,29,32). The van der Waals surface area contributed by atoms with Crippen molar-refractivity contribution >= 4 is 22.6 Å². The molecule has 0 aliphatic carbocycles. The first-order chi connectivity index (χ1) is 15.1. The van der Waals surface area contributed by atoms with Crippen molar-refractivity contribution in [2.45, 2.75) is 65.6 Å². The van der Waals surface area contributed by atoms with Gasteiger partial charge in [-0.2, -0.15) is 0 Å². The number of aryl methyl sites for hydroxylation is 2. The van der Waals surface area contributed by atoms with Crippen LogP contribution in [0.5, 0.6) is 0 Å². The molecule has 1 unspecified atom stereocenters. The maximum Gasteiger partial charge on any atom is 0.242 e. The molecule has 4 nitrogen and oxygen atoms in total. The number of hydrogen-bond acceptors (Lipinski definition) is 2. The number of amides is 2. The van der Waals surface area contributed by atoms with Gasteiger partial charge >= 0.3 is 0 Å². The molecule has 1 N–H and O–H groups in total. The molecular formula is C28H34N2O2. The van der Waals surface area contributed by atoms with Crippen LogP contribution in [-0.4, -0.2) is 28.3 Å². The maximum atomic E-state index is 13.4. The summed E-state index contributed by atoms with van der Waals surface area (Å²) in [4.78, 5) is 28.0. The van der Waals surface area contributed by atoms with E-state index in [1.165, 1.54) is 16.3 Å². The van der Waals surface area contributed by atoms with E-state index < -0.39 is 6.04 Å². The van der Waals surface area contributed by atoms with Crippen LogP contribution in [0.1, 0.15) is 50.8 Å². The number of rotatable bonds is 7. The second-order valence-corrected chi connectivity index (χ2v) is 9.56. The van der Waals surface area contributed by atoms with Gasteiger partial charge < -0.3 is 10.2 Å². The van der Waals surface area contributed by atoms with Crippen molar-refractivity contribution in [3.63, 3.8) is 0 Å². The summed E-state index contributed by atoms with van der Waals surface area (Å²) in [6, 6.07) is 22.0. The lowest BCUT2D eigenvalue weighted by atomic mass is 10.0. The fourth-order valence-corrected chi connectivity index (χ4v) is 3.84. The zero-order chi connectivity index (χ0) is 23.3. The summed E-state index contributed by atoms with van der Waals surface area (Å²) in [5, 5.41) is 5.36. The number of benzene rings is 3. The Labute approximate surface area is 191 Å². The number of nitrogens with zero attached hydrogens (tertiary/aromatic N) is 1. The molecule has 0 heterocycles. The van der Waals surface area contributed by atoms with Gasteiger partial charge in [-0.1, -0.05) is 72.3 Å². The lowest BCUT2D eigenvalue weighted by molar-refractivity contribution is -0.141. The molecule has 0 saturated carbocycles. The van der Waals surface area contributed by atoms with Gasteiger partial charge in [0.25, 0.3) is 0 Å². The summed E-state index contributed by atoms with van der Waals surface area (Å²) in [7, 11) is 0. The van der Waals surface area contributed by atoms with E-state index in [0.717, 1.165) is 11.1 Å². The predicted octanol–water partition coefficient (Wildman–Crippen LogP) is 5.41. The quantitative estimate of drug-likeness (QED) is 0.545. The molecule has 32 heavy (non-hydrogen) atoms. The summed E-state index contributed by atoms with van der Waals surface area (Å²) in [5.74, 6) is -0.154. The lowest BCUT2D eigenvalue weighted by Gasteiger charge is -2.31. The molecule has 3 aromatic rings. The number of hydrogen-bond donors (Lipinski definition) is 1. The third-order valence-corrected chi connectivity index (χ3v) is 5.63. The first kappa shape index (κ1) is 23.5.